The summed E-state index contributed by atoms with van der Waals surface area (Å²) in [5.74, 6) is 0. The molecule has 0 unspecified atom stereocenters. The van der Waals surface area contributed by atoms with E-state index in [1.54, 1.807) is 0 Å². The third-order valence-corrected chi connectivity index (χ3v) is 5.43. The SMILES string of the molecule is CCc1cc(C2(Cl)c3ccccc3-c3ccccc32)ccc1N. The van der Waals surface area contributed by atoms with E-state index in [0.717, 1.165) is 34.4 Å². The van der Waals surface area contributed by atoms with Crippen molar-refractivity contribution in [2.75, 3.05) is 5.73 Å². The molecule has 4 rings (SSSR count). The summed E-state index contributed by atoms with van der Waals surface area (Å²) in [6.45, 7) is 2.12. The predicted molar refractivity (Wildman–Crippen MR) is 97.8 cm³/mol. The van der Waals surface area contributed by atoms with E-state index in [1.807, 2.05) is 6.07 Å². The van der Waals surface area contributed by atoms with Gasteiger partial charge in [-0.2, -0.15) is 0 Å². The Balaban J connectivity index is 2.04. The van der Waals surface area contributed by atoms with E-state index >= 15 is 0 Å². The number of hydrogen-bond donors (Lipinski definition) is 1. The van der Waals surface area contributed by atoms with Crippen LogP contribution in [0.25, 0.3) is 11.1 Å². The molecule has 0 aromatic heterocycles. The highest BCUT2D eigenvalue weighted by Gasteiger charge is 2.42. The first kappa shape index (κ1) is 14.3. The van der Waals surface area contributed by atoms with Crippen LogP contribution in [0, 0.1) is 0 Å². The van der Waals surface area contributed by atoms with Crippen molar-refractivity contribution < 1.29 is 0 Å². The fourth-order valence-corrected chi connectivity index (χ4v) is 4.07. The molecule has 0 heterocycles. The molecule has 0 saturated carbocycles. The van der Waals surface area contributed by atoms with Crippen LogP contribution >= 0.6 is 11.6 Å². The molecule has 0 radical (unpaired) electrons. The van der Waals surface area contributed by atoms with Gasteiger partial charge in [0.25, 0.3) is 0 Å². The van der Waals surface area contributed by atoms with Gasteiger partial charge in [0.1, 0.15) is 4.87 Å². The van der Waals surface area contributed by atoms with Crippen LogP contribution in [0.4, 0.5) is 5.69 Å². The fourth-order valence-electron chi connectivity index (χ4n) is 3.62. The first-order chi connectivity index (χ1) is 11.2. The Bertz CT molecular complexity index is 852. The summed E-state index contributed by atoms with van der Waals surface area (Å²) >= 11 is 7.30. The number of fused-ring (bicyclic) bond motifs is 3. The number of rotatable bonds is 2. The minimum absolute atomic E-state index is 0.648. The lowest BCUT2D eigenvalue weighted by Crippen LogP contribution is -2.19. The summed E-state index contributed by atoms with van der Waals surface area (Å²) in [6, 6.07) is 23.0. The predicted octanol–water partition coefficient (Wildman–Crippen LogP) is 5.34. The lowest BCUT2D eigenvalue weighted by molar-refractivity contribution is 0.906. The van der Waals surface area contributed by atoms with E-state index in [4.69, 9.17) is 17.3 Å². The molecule has 114 valence electrons. The molecule has 1 aliphatic carbocycles. The Morgan fingerprint density at radius 3 is 2.00 bits per heavy atom. The van der Waals surface area contributed by atoms with Gasteiger partial charge in [-0.05, 0) is 45.9 Å². The van der Waals surface area contributed by atoms with Crippen molar-refractivity contribution in [2.45, 2.75) is 18.2 Å². The maximum atomic E-state index is 7.30. The largest absolute Gasteiger partial charge is 0.399 e. The van der Waals surface area contributed by atoms with Crippen LogP contribution in [0.15, 0.2) is 66.7 Å². The fraction of sp³-hybridized carbons (Fsp3) is 0.143. The molecule has 0 atom stereocenters. The number of halogens is 1. The van der Waals surface area contributed by atoms with E-state index < -0.39 is 4.87 Å². The topological polar surface area (TPSA) is 26.0 Å². The molecule has 3 aromatic carbocycles. The van der Waals surface area contributed by atoms with Crippen LogP contribution < -0.4 is 5.73 Å². The lowest BCUT2D eigenvalue weighted by Gasteiger charge is -2.26. The van der Waals surface area contributed by atoms with Gasteiger partial charge in [-0.3, -0.25) is 0 Å². The number of anilines is 1. The van der Waals surface area contributed by atoms with Gasteiger partial charge >= 0.3 is 0 Å². The normalized spacial score (nSPS) is 14.3. The van der Waals surface area contributed by atoms with Crippen molar-refractivity contribution >= 4 is 17.3 Å². The molecule has 0 aliphatic heterocycles. The zero-order valence-corrected chi connectivity index (χ0v) is 13.8. The van der Waals surface area contributed by atoms with E-state index in [9.17, 15) is 0 Å². The van der Waals surface area contributed by atoms with Crippen molar-refractivity contribution in [3.63, 3.8) is 0 Å². The summed E-state index contributed by atoms with van der Waals surface area (Å²) in [7, 11) is 0. The van der Waals surface area contributed by atoms with Crippen molar-refractivity contribution in [1.82, 2.24) is 0 Å². The molecule has 2 N–H and O–H groups in total. The maximum Gasteiger partial charge on any atom is 0.121 e. The summed E-state index contributed by atoms with van der Waals surface area (Å²) < 4.78 is 0. The number of alkyl halides is 1. The molecule has 3 aromatic rings. The van der Waals surface area contributed by atoms with E-state index in [2.05, 4.69) is 67.6 Å². The highest BCUT2D eigenvalue weighted by molar-refractivity contribution is 6.30. The van der Waals surface area contributed by atoms with Crippen molar-refractivity contribution in [1.29, 1.82) is 0 Å². The molecule has 0 spiro atoms. The van der Waals surface area contributed by atoms with Crippen LogP contribution in [0.3, 0.4) is 0 Å². The van der Waals surface area contributed by atoms with Gasteiger partial charge in [0, 0.05) is 5.69 Å². The number of nitrogens with two attached hydrogens (primary N) is 1. The molecular formula is C21H18ClN. The Hall–Kier alpha value is -2.25. The molecular weight excluding hydrogens is 302 g/mol. The average molecular weight is 320 g/mol. The van der Waals surface area contributed by atoms with Crippen molar-refractivity contribution in [2.24, 2.45) is 0 Å². The summed E-state index contributed by atoms with van der Waals surface area (Å²) in [5.41, 5.74) is 13.9. The second-order valence-corrected chi connectivity index (χ2v) is 6.58. The Labute approximate surface area is 141 Å². The number of benzene rings is 3. The summed E-state index contributed by atoms with van der Waals surface area (Å²) in [5, 5.41) is 0. The molecule has 0 fully saturated rings. The average Bonchev–Trinajstić information content (AvgIpc) is 2.86. The molecule has 23 heavy (non-hydrogen) atoms. The van der Waals surface area contributed by atoms with Crippen LogP contribution in [-0.2, 0) is 11.3 Å². The van der Waals surface area contributed by atoms with Gasteiger partial charge < -0.3 is 5.73 Å². The Morgan fingerprint density at radius 2 is 1.43 bits per heavy atom. The molecule has 2 heteroatoms. The number of nitrogen functional groups attached to an aromatic ring is 1. The molecule has 1 aliphatic rings. The monoisotopic (exact) mass is 319 g/mol. The van der Waals surface area contributed by atoms with Gasteiger partial charge in [-0.25, -0.2) is 0 Å². The first-order valence-corrected chi connectivity index (χ1v) is 8.31. The van der Waals surface area contributed by atoms with Crippen LogP contribution in [0.5, 0.6) is 0 Å². The van der Waals surface area contributed by atoms with Crippen molar-refractivity contribution in [3.8, 4) is 11.1 Å². The maximum absolute atomic E-state index is 7.30. The summed E-state index contributed by atoms with van der Waals surface area (Å²) in [4.78, 5) is -0.648. The second-order valence-electron chi connectivity index (χ2n) is 6.02. The molecule has 0 bridgehead atoms. The van der Waals surface area contributed by atoms with Crippen LogP contribution in [-0.4, -0.2) is 0 Å². The smallest absolute Gasteiger partial charge is 0.121 e. The Kier molecular flexibility index (Phi) is 3.21. The highest BCUT2D eigenvalue weighted by atomic mass is 35.5. The zero-order chi connectivity index (χ0) is 16.0. The molecule has 0 amide bonds. The van der Waals surface area contributed by atoms with Gasteiger partial charge in [0.15, 0.2) is 0 Å². The van der Waals surface area contributed by atoms with E-state index in [1.165, 1.54) is 11.1 Å². The summed E-state index contributed by atoms with van der Waals surface area (Å²) in [6.07, 6.45) is 0.899. The minimum Gasteiger partial charge on any atom is -0.399 e. The first-order valence-electron chi connectivity index (χ1n) is 7.93. The third kappa shape index (κ3) is 1.93. The van der Waals surface area contributed by atoms with Gasteiger partial charge in [0.05, 0.1) is 0 Å². The van der Waals surface area contributed by atoms with E-state index in [0.29, 0.717) is 0 Å². The second kappa shape index (κ2) is 5.14. The van der Waals surface area contributed by atoms with Crippen LogP contribution in [0.2, 0.25) is 0 Å². The third-order valence-electron chi connectivity index (χ3n) is 4.81. The quantitative estimate of drug-likeness (QED) is 0.500. The van der Waals surface area contributed by atoms with Gasteiger partial charge in [0.2, 0.25) is 0 Å². The van der Waals surface area contributed by atoms with Crippen LogP contribution in [0.1, 0.15) is 29.2 Å². The zero-order valence-electron chi connectivity index (χ0n) is 13.0. The standard InChI is InChI=1S/C21H18ClN/c1-2-14-13-15(11-12-20(14)23)21(22)18-9-5-3-7-16(18)17-8-4-6-10-19(17)21/h3-13H,2,23H2,1H3. The lowest BCUT2D eigenvalue weighted by atomic mass is 9.87. The number of hydrogen-bond acceptors (Lipinski definition) is 1. The number of aryl methyl sites for hydroxylation is 1. The van der Waals surface area contributed by atoms with Gasteiger partial charge in [-0.15, -0.1) is 11.6 Å². The van der Waals surface area contributed by atoms with E-state index in [-0.39, 0.29) is 0 Å². The van der Waals surface area contributed by atoms with Gasteiger partial charge in [-0.1, -0.05) is 67.6 Å². The van der Waals surface area contributed by atoms with Crippen molar-refractivity contribution in [3.05, 3.63) is 89.0 Å². The molecule has 1 nitrogen and oxygen atoms in total. The Morgan fingerprint density at radius 1 is 0.870 bits per heavy atom. The molecule has 0 saturated heterocycles. The highest BCUT2D eigenvalue weighted by Crippen LogP contribution is 2.55. The minimum atomic E-state index is -0.648.